The number of carboxylic acids is 1. The largest absolute Gasteiger partial charge is 0.480 e. The molecule has 3 aliphatic rings. The zero-order chi connectivity index (χ0) is 26.3. The number of rotatable bonds is 4. The van der Waals surface area contributed by atoms with E-state index in [4.69, 9.17) is 4.74 Å². The number of non-ortho nitro benzene ring substituents is 1. The van der Waals surface area contributed by atoms with Gasteiger partial charge in [-0.25, -0.2) is 9.59 Å². The summed E-state index contributed by atoms with van der Waals surface area (Å²) >= 11 is 0. The highest BCUT2D eigenvalue weighted by Crippen LogP contribution is 2.28. The molecule has 1 aromatic rings. The molecule has 1 amide bonds. The molecule has 0 saturated heterocycles. The van der Waals surface area contributed by atoms with Crippen LogP contribution >= 0.6 is 0 Å². The van der Waals surface area contributed by atoms with Crippen molar-refractivity contribution in [3.63, 3.8) is 0 Å². The molecule has 9 nitrogen and oxygen atoms in total. The van der Waals surface area contributed by atoms with Gasteiger partial charge in [0, 0.05) is 30.6 Å². The standard InChI is InChI=1S/C15H18N2O6.C12H23N/c1-15(2,3)23-14(20)16-8-10-6-11(17(21)22)5-4-9(10)7-12(16)13(18)19;1-3-7-11(8-4-1)13-12-9-5-2-6-10-12/h4-6,12H,7-8H2,1-3H3,(H,18,19);11-13H,1-10H2/t12-;/m1./s1. The Labute approximate surface area is 213 Å². The van der Waals surface area contributed by atoms with Gasteiger partial charge in [0.05, 0.1) is 11.5 Å². The second kappa shape index (κ2) is 12.5. The monoisotopic (exact) mass is 503 g/mol. The first-order valence-corrected chi connectivity index (χ1v) is 13.3. The number of ether oxygens (including phenoxy) is 1. The molecule has 0 unspecified atom stereocenters. The van der Waals surface area contributed by atoms with Crippen LogP contribution in [0.1, 0.15) is 96.1 Å². The molecule has 0 bridgehead atoms. The van der Waals surface area contributed by atoms with E-state index in [9.17, 15) is 24.8 Å². The number of hydrogen-bond donors (Lipinski definition) is 2. The van der Waals surface area contributed by atoms with Crippen molar-refractivity contribution in [2.75, 3.05) is 0 Å². The fourth-order valence-corrected chi connectivity index (χ4v) is 5.29. The van der Waals surface area contributed by atoms with E-state index in [1.807, 2.05) is 0 Å². The Morgan fingerprint density at radius 3 is 2.03 bits per heavy atom. The quantitative estimate of drug-likeness (QED) is 0.406. The minimum atomic E-state index is -1.14. The van der Waals surface area contributed by atoms with Crippen molar-refractivity contribution in [3.8, 4) is 0 Å². The molecule has 2 fully saturated rings. The van der Waals surface area contributed by atoms with Crippen LogP contribution in [-0.2, 0) is 22.5 Å². The van der Waals surface area contributed by atoms with Crippen molar-refractivity contribution in [2.45, 2.75) is 122 Å². The number of aliphatic carboxylic acids is 1. The van der Waals surface area contributed by atoms with E-state index < -0.39 is 28.6 Å². The smallest absolute Gasteiger partial charge is 0.411 e. The van der Waals surface area contributed by atoms with Crippen LogP contribution in [0.2, 0.25) is 0 Å². The number of nitro benzene ring substituents is 1. The predicted octanol–water partition coefficient (Wildman–Crippen LogP) is 5.58. The summed E-state index contributed by atoms with van der Waals surface area (Å²) in [6.07, 6.45) is 13.9. The van der Waals surface area contributed by atoms with Gasteiger partial charge in [-0.15, -0.1) is 0 Å². The molecule has 1 heterocycles. The van der Waals surface area contributed by atoms with Gasteiger partial charge in [0.25, 0.3) is 5.69 Å². The molecule has 2 N–H and O–H groups in total. The lowest BCUT2D eigenvalue weighted by atomic mass is 9.91. The Morgan fingerprint density at radius 1 is 1.00 bits per heavy atom. The number of hydrogen-bond acceptors (Lipinski definition) is 6. The number of carbonyl (C=O) groups excluding carboxylic acids is 1. The van der Waals surface area contributed by atoms with Gasteiger partial charge in [0.2, 0.25) is 0 Å². The lowest BCUT2D eigenvalue weighted by molar-refractivity contribution is -0.385. The highest BCUT2D eigenvalue weighted by atomic mass is 16.6. The average molecular weight is 504 g/mol. The predicted molar refractivity (Wildman–Crippen MR) is 137 cm³/mol. The lowest BCUT2D eigenvalue weighted by Crippen LogP contribution is -2.50. The van der Waals surface area contributed by atoms with E-state index in [0.29, 0.717) is 11.1 Å². The lowest BCUT2D eigenvalue weighted by Gasteiger charge is -2.35. The van der Waals surface area contributed by atoms with Crippen molar-refractivity contribution in [2.24, 2.45) is 0 Å². The summed E-state index contributed by atoms with van der Waals surface area (Å²) in [7, 11) is 0. The maximum atomic E-state index is 12.3. The fraction of sp³-hybridized carbons (Fsp3) is 0.704. The maximum absolute atomic E-state index is 12.3. The molecule has 1 atom stereocenters. The van der Waals surface area contributed by atoms with Crippen molar-refractivity contribution >= 4 is 17.7 Å². The Balaban J connectivity index is 0.000000233. The fourth-order valence-electron chi connectivity index (χ4n) is 5.29. The summed E-state index contributed by atoms with van der Waals surface area (Å²) < 4.78 is 5.24. The molecular weight excluding hydrogens is 462 g/mol. The highest BCUT2D eigenvalue weighted by molar-refractivity contribution is 5.81. The Kier molecular flexibility index (Phi) is 9.70. The molecule has 1 aromatic carbocycles. The summed E-state index contributed by atoms with van der Waals surface area (Å²) in [5, 5.41) is 24.1. The van der Waals surface area contributed by atoms with Gasteiger partial charge in [0.1, 0.15) is 11.6 Å². The summed E-state index contributed by atoms with van der Waals surface area (Å²) in [6.45, 7) is 5.01. The Bertz CT molecular complexity index is 901. The van der Waals surface area contributed by atoms with Crippen molar-refractivity contribution in [3.05, 3.63) is 39.4 Å². The van der Waals surface area contributed by atoms with E-state index in [1.54, 1.807) is 20.8 Å². The van der Waals surface area contributed by atoms with E-state index in [1.165, 1.54) is 82.4 Å². The average Bonchev–Trinajstić information content (AvgIpc) is 2.83. The van der Waals surface area contributed by atoms with E-state index in [-0.39, 0.29) is 18.7 Å². The summed E-state index contributed by atoms with van der Waals surface area (Å²) in [4.78, 5) is 35.2. The minimum Gasteiger partial charge on any atom is -0.480 e. The van der Waals surface area contributed by atoms with Crippen LogP contribution in [0.5, 0.6) is 0 Å². The Hall–Kier alpha value is -2.68. The topological polar surface area (TPSA) is 122 Å². The number of carbonyl (C=O) groups is 2. The number of amides is 1. The first-order valence-electron chi connectivity index (χ1n) is 13.3. The van der Waals surface area contributed by atoms with Crippen molar-refractivity contribution in [1.82, 2.24) is 10.2 Å². The number of benzene rings is 1. The van der Waals surface area contributed by atoms with Crippen LogP contribution in [0.25, 0.3) is 0 Å². The first-order chi connectivity index (χ1) is 17.0. The third-order valence-corrected chi connectivity index (χ3v) is 7.13. The second-order valence-electron chi connectivity index (χ2n) is 11.2. The molecule has 2 aliphatic carbocycles. The zero-order valence-corrected chi connectivity index (χ0v) is 21.8. The molecule has 9 heteroatoms. The molecule has 200 valence electrons. The number of nitro groups is 1. The van der Waals surface area contributed by atoms with Gasteiger partial charge in [-0.05, 0) is 57.6 Å². The van der Waals surface area contributed by atoms with Gasteiger partial charge < -0.3 is 15.2 Å². The molecule has 0 radical (unpaired) electrons. The SMILES string of the molecule is C1CCC(NC2CCCCC2)CC1.CC(C)(C)OC(=O)N1Cc2cc([N+](=O)[O-])ccc2C[C@@H]1C(=O)O. The van der Waals surface area contributed by atoms with Crippen LogP contribution in [0, 0.1) is 10.1 Å². The third kappa shape index (κ3) is 8.18. The van der Waals surface area contributed by atoms with Crippen LogP contribution in [0.4, 0.5) is 10.5 Å². The normalized spacial score (nSPS) is 21.1. The first kappa shape index (κ1) is 27.9. The van der Waals surface area contributed by atoms with Crippen LogP contribution in [-0.4, -0.2) is 50.7 Å². The van der Waals surface area contributed by atoms with Crippen LogP contribution in [0.15, 0.2) is 18.2 Å². The van der Waals surface area contributed by atoms with Gasteiger partial charge in [-0.3, -0.25) is 15.0 Å². The van der Waals surface area contributed by atoms with E-state index in [0.717, 1.165) is 17.0 Å². The zero-order valence-electron chi connectivity index (χ0n) is 21.8. The molecule has 0 aromatic heterocycles. The molecule has 0 spiro atoms. The van der Waals surface area contributed by atoms with E-state index in [2.05, 4.69) is 5.32 Å². The summed E-state index contributed by atoms with van der Waals surface area (Å²) in [5.41, 5.74) is 0.385. The summed E-state index contributed by atoms with van der Waals surface area (Å²) in [6, 6.07) is 4.93. The third-order valence-electron chi connectivity index (χ3n) is 7.13. The highest BCUT2D eigenvalue weighted by Gasteiger charge is 2.37. The molecule has 1 aliphatic heterocycles. The van der Waals surface area contributed by atoms with Crippen molar-refractivity contribution in [1.29, 1.82) is 0 Å². The Morgan fingerprint density at radius 2 is 1.56 bits per heavy atom. The second-order valence-corrected chi connectivity index (χ2v) is 11.2. The minimum absolute atomic E-state index is 0.0388. The number of carboxylic acid groups (broad SMARTS) is 1. The number of fused-ring (bicyclic) bond motifs is 1. The van der Waals surface area contributed by atoms with Gasteiger partial charge in [-0.2, -0.15) is 0 Å². The van der Waals surface area contributed by atoms with Crippen LogP contribution < -0.4 is 5.32 Å². The molecule has 36 heavy (non-hydrogen) atoms. The number of nitrogens with one attached hydrogen (secondary N) is 1. The van der Waals surface area contributed by atoms with Gasteiger partial charge >= 0.3 is 12.1 Å². The van der Waals surface area contributed by atoms with Crippen molar-refractivity contribution < 1.29 is 24.4 Å². The van der Waals surface area contributed by atoms with Gasteiger partial charge in [0.15, 0.2) is 0 Å². The van der Waals surface area contributed by atoms with E-state index >= 15 is 0 Å². The van der Waals surface area contributed by atoms with Crippen LogP contribution in [0.3, 0.4) is 0 Å². The molecule has 2 saturated carbocycles. The van der Waals surface area contributed by atoms with Gasteiger partial charge in [-0.1, -0.05) is 44.6 Å². The number of nitrogens with zero attached hydrogens (tertiary/aromatic N) is 2. The molecule has 4 rings (SSSR count). The molecular formula is C27H41N3O6. The summed E-state index contributed by atoms with van der Waals surface area (Å²) in [5.74, 6) is -1.14. The maximum Gasteiger partial charge on any atom is 0.411 e.